The first kappa shape index (κ1) is 11.6. The number of esters is 1. The minimum atomic E-state index is -0.311. The molecular weight excluding hydrogens is 222 g/mol. The third-order valence-corrected chi connectivity index (χ3v) is 2.67. The van der Waals surface area contributed by atoms with Crippen molar-refractivity contribution in [2.75, 3.05) is 19.5 Å². The first-order valence-electron chi connectivity index (χ1n) is 5.36. The fourth-order valence-corrected chi connectivity index (χ4v) is 1.65. The number of rotatable bonds is 2. The zero-order valence-corrected chi connectivity index (χ0v) is 9.86. The maximum atomic E-state index is 11.1. The quantitative estimate of drug-likeness (QED) is 0.619. The molecule has 0 amide bonds. The highest BCUT2D eigenvalue weighted by molar-refractivity contribution is 5.70. The van der Waals surface area contributed by atoms with Crippen molar-refractivity contribution in [1.82, 2.24) is 0 Å². The van der Waals surface area contributed by atoms with Crippen LogP contribution in [0.2, 0.25) is 0 Å². The summed E-state index contributed by atoms with van der Waals surface area (Å²) in [4.78, 5) is 11.1. The lowest BCUT2D eigenvalue weighted by molar-refractivity contribution is -0.143. The Morgan fingerprint density at radius 2 is 2.29 bits per heavy atom. The van der Waals surface area contributed by atoms with Crippen LogP contribution in [0.4, 0.5) is 5.69 Å². The van der Waals surface area contributed by atoms with Crippen molar-refractivity contribution in [3.8, 4) is 11.5 Å². The summed E-state index contributed by atoms with van der Waals surface area (Å²) < 4.78 is 15.8. The fourth-order valence-electron chi connectivity index (χ4n) is 1.65. The van der Waals surface area contributed by atoms with Crippen LogP contribution in [0, 0.1) is 6.92 Å². The van der Waals surface area contributed by atoms with Gasteiger partial charge in [0.2, 0.25) is 0 Å². The molecule has 1 heterocycles. The first-order chi connectivity index (χ1) is 8.10. The van der Waals surface area contributed by atoms with Gasteiger partial charge in [0, 0.05) is 11.8 Å². The molecule has 0 bridgehead atoms. The Hall–Kier alpha value is -1.91. The van der Waals surface area contributed by atoms with Crippen LogP contribution in [0.15, 0.2) is 12.1 Å². The van der Waals surface area contributed by atoms with E-state index in [4.69, 9.17) is 15.2 Å². The maximum absolute atomic E-state index is 11.1. The second kappa shape index (κ2) is 4.53. The molecule has 1 aromatic rings. The number of carbonyl (C=O) groups excluding carboxylic acids is 1. The van der Waals surface area contributed by atoms with Crippen LogP contribution in [0.3, 0.4) is 0 Å². The monoisotopic (exact) mass is 237 g/mol. The van der Waals surface area contributed by atoms with Gasteiger partial charge in [-0.05, 0) is 18.6 Å². The van der Waals surface area contributed by atoms with Gasteiger partial charge in [-0.1, -0.05) is 0 Å². The second-order valence-electron chi connectivity index (χ2n) is 3.99. The van der Waals surface area contributed by atoms with E-state index in [-0.39, 0.29) is 18.5 Å². The zero-order chi connectivity index (χ0) is 12.4. The minimum absolute atomic E-state index is 0.180. The van der Waals surface area contributed by atoms with Gasteiger partial charge in [0.25, 0.3) is 0 Å². The Bertz CT molecular complexity index is 444. The number of hydrogen-bond acceptors (Lipinski definition) is 5. The Labute approximate surface area is 99.5 Å². The molecule has 17 heavy (non-hydrogen) atoms. The summed E-state index contributed by atoms with van der Waals surface area (Å²) in [5.41, 5.74) is 7.36. The number of nitrogen functional groups attached to an aromatic ring is 1. The van der Waals surface area contributed by atoms with Crippen LogP contribution >= 0.6 is 0 Å². The van der Waals surface area contributed by atoms with Crippen molar-refractivity contribution in [3.05, 3.63) is 17.7 Å². The third kappa shape index (κ3) is 2.43. The number of methoxy groups -OCH3 is 1. The van der Waals surface area contributed by atoms with Crippen molar-refractivity contribution in [3.63, 3.8) is 0 Å². The molecular formula is C12H15NO4. The van der Waals surface area contributed by atoms with E-state index in [1.54, 1.807) is 6.07 Å². The number of hydrogen-bond donors (Lipinski definition) is 1. The largest absolute Gasteiger partial charge is 0.486 e. The van der Waals surface area contributed by atoms with Gasteiger partial charge in [-0.15, -0.1) is 0 Å². The molecule has 0 aliphatic carbocycles. The summed E-state index contributed by atoms with van der Waals surface area (Å²) in [6.45, 7) is 2.22. The average Bonchev–Trinajstić information content (AvgIpc) is 2.31. The van der Waals surface area contributed by atoms with Gasteiger partial charge in [0.05, 0.1) is 13.5 Å². The fraction of sp³-hybridized carbons (Fsp3) is 0.417. The molecule has 0 saturated heterocycles. The Kier molecular flexibility index (Phi) is 3.08. The van der Waals surface area contributed by atoms with Gasteiger partial charge in [-0.25, -0.2) is 0 Å². The van der Waals surface area contributed by atoms with E-state index in [1.807, 2.05) is 13.0 Å². The zero-order valence-electron chi connectivity index (χ0n) is 9.86. The van der Waals surface area contributed by atoms with E-state index in [0.29, 0.717) is 23.8 Å². The molecule has 1 aliphatic heterocycles. The predicted octanol–water partition coefficient (Wildman–Crippen LogP) is 1.28. The molecule has 1 atom stereocenters. The topological polar surface area (TPSA) is 70.8 Å². The van der Waals surface area contributed by atoms with Crippen molar-refractivity contribution < 1.29 is 19.0 Å². The summed E-state index contributed by atoms with van der Waals surface area (Å²) in [5, 5.41) is 0. The van der Waals surface area contributed by atoms with E-state index in [1.165, 1.54) is 7.11 Å². The molecule has 1 unspecified atom stereocenters. The van der Waals surface area contributed by atoms with Gasteiger partial charge in [0.1, 0.15) is 12.7 Å². The van der Waals surface area contributed by atoms with Crippen molar-refractivity contribution in [1.29, 1.82) is 0 Å². The highest BCUT2D eigenvalue weighted by Gasteiger charge is 2.24. The lowest BCUT2D eigenvalue weighted by Crippen LogP contribution is -2.31. The van der Waals surface area contributed by atoms with E-state index in [2.05, 4.69) is 4.74 Å². The molecule has 0 saturated carbocycles. The molecule has 0 radical (unpaired) electrons. The van der Waals surface area contributed by atoms with Crippen molar-refractivity contribution in [2.45, 2.75) is 19.4 Å². The van der Waals surface area contributed by atoms with Crippen LogP contribution in [-0.2, 0) is 9.53 Å². The lowest BCUT2D eigenvalue weighted by Gasteiger charge is -2.26. The third-order valence-electron chi connectivity index (χ3n) is 2.67. The molecule has 1 aliphatic rings. The number of fused-ring (bicyclic) bond motifs is 1. The van der Waals surface area contributed by atoms with Gasteiger partial charge in [0.15, 0.2) is 11.5 Å². The summed E-state index contributed by atoms with van der Waals surface area (Å²) >= 11 is 0. The second-order valence-corrected chi connectivity index (χ2v) is 3.99. The highest BCUT2D eigenvalue weighted by Crippen LogP contribution is 2.35. The summed E-state index contributed by atoms with van der Waals surface area (Å²) in [7, 11) is 1.35. The highest BCUT2D eigenvalue weighted by atomic mass is 16.6. The molecule has 0 fully saturated rings. The van der Waals surface area contributed by atoms with Gasteiger partial charge >= 0.3 is 5.97 Å². The number of aryl methyl sites for hydroxylation is 1. The lowest BCUT2D eigenvalue weighted by atomic mass is 10.1. The Morgan fingerprint density at radius 1 is 1.53 bits per heavy atom. The average molecular weight is 237 g/mol. The smallest absolute Gasteiger partial charge is 0.309 e. The van der Waals surface area contributed by atoms with Crippen LogP contribution < -0.4 is 15.2 Å². The van der Waals surface area contributed by atoms with Gasteiger partial charge < -0.3 is 19.9 Å². The standard InChI is InChI=1S/C12H15NO4/c1-7-3-11-10(5-9(7)13)16-6-8(17-11)4-12(14)15-2/h3,5,8H,4,6,13H2,1-2H3. The molecule has 92 valence electrons. The van der Waals surface area contributed by atoms with Gasteiger partial charge in [-0.3, -0.25) is 4.79 Å². The van der Waals surface area contributed by atoms with Crippen molar-refractivity contribution >= 4 is 11.7 Å². The van der Waals surface area contributed by atoms with Gasteiger partial charge in [-0.2, -0.15) is 0 Å². The van der Waals surface area contributed by atoms with E-state index in [9.17, 15) is 4.79 Å². The minimum Gasteiger partial charge on any atom is -0.486 e. The molecule has 0 spiro atoms. The Balaban J connectivity index is 2.13. The number of carbonyl (C=O) groups is 1. The molecule has 5 nitrogen and oxygen atoms in total. The Morgan fingerprint density at radius 3 is 3.00 bits per heavy atom. The number of anilines is 1. The molecule has 1 aromatic carbocycles. The first-order valence-corrected chi connectivity index (χ1v) is 5.36. The van der Waals surface area contributed by atoms with Crippen LogP contribution in [0.25, 0.3) is 0 Å². The molecule has 0 aromatic heterocycles. The summed E-state index contributed by atoms with van der Waals surface area (Å²) in [5.74, 6) is 0.931. The van der Waals surface area contributed by atoms with E-state index in [0.717, 1.165) is 5.56 Å². The molecule has 2 rings (SSSR count). The molecule has 5 heteroatoms. The van der Waals surface area contributed by atoms with Crippen LogP contribution in [0.5, 0.6) is 11.5 Å². The van der Waals surface area contributed by atoms with E-state index < -0.39 is 0 Å². The van der Waals surface area contributed by atoms with Crippen LogP contribution in [0.1, 0.15) is 12.0 Å². The number of ether oxygens (including phenoxy) is 3. The molecule has 2 N–H and O–H groups in total. The summed E-state index contributed by atoms with van der Waals surface area (Å²) in [6.07, 6.45) is -0.128. The summed E-state index contributed by atoms with van der Waals surface area (Å²) in [6, 6.07) is 3.55. The van der Waals surface area contributed by atoms with Crippen LogP contribution in [-0.4, -0.2) is 25.8 Å². The number of benzene rings is 1. The van der Waals surface area contributed by atoms with Crippen molar-refractivity contribution in [2.24, 2.45) is 0 Å². The SMILES string of the molecule is COC(=O)CC1COc2cc(N)c(C)cc2O1. The maximum Gasteiger partial charge on any atom is 0.309 e. The predicted molar refractivity (Wildman–Crippen MR) is 62.1 cm³/mol. The number of nitrogens with two attached hydrogens (primary N) is 1. The van der Waals surface area contributed by atoms with E-state index >= 15 is 0 Å². The normalized spacial score (nSPS) is 17.6.